The third-order valence-electron chi connectivity index (χ3n) is 2.53. The molecule has 19 heavy (non-hydrogen) atoms. The van der Waals surface area contributed by atoms with Crippen molar-refractivity contribution >= 4 is 17.3 Å². The Balaban J connectivity index is 2.15. The van der Waals surface area contributed by atoms with Crippen LogP contribution in [0.5, 0.6) is 5.75 Å². The molecule has 0 heterocycles. The number of carbonyl (C=O) groups excluding carboxylic acids is 1. The zero-order chi connectivity index (χ0) is 13.8. The standard InChI is InChI=1S/C14H13FN2O2/c1-19-13-4-2-9(3-5-13)14(18)17-12-7-10(15)6-11(16)8-12/h2-8H,16H2,1H3,(H,17,18). The second-order valence-corrected chi connectivity index (χ2v) is 3.96. The molecular weight excluding hydrogens is 247 g/mol. The summed E-state index contributed by atoms with van der Waals surface area (Å²) in [5, 5.41) is 2.58. The molecule has 0 saturated heterocycles. The SMILES string of the molecule is COc1ccc(C(=O)Nc2cc(N)cc(F)c2)cc1. The summed E-state index contributed by atoms with van der Waals surface area (Å²) >= 11 is 0. The Kier molecular flexibility index (Phi) is 3.66. The van der Waals surface area contributed by atoms with Gasteiger partial charge in [-0.05, 0) is 42.5 Å². The van der Waals surface area contributed by atoms with Gasteiger partial charge in [-0.3, -0.25) is 4.79 Å². The predicted molar refractivity (Wildman–Crippen MR) is 71.8 cm³/mol. The van der Waals surface area contributed by atoms with Crippen LogP contribution < -0.4 is 15.8 Å². The second kappa shape index (κ2) is 5.39. The van der Waals surface area contributed by atoms with Gasteiger partial charge in [0.1, 0.15) is 11.6 Å². The highest BCUT2D eigenvalue weighted by molar-refractivity contribution is 6.04. The van der Waals surface area contributed by atoms with E-state index >= 15 is 0 Å². The molecule has 2 aromatic rings. The molecule has 0 atom stereocenters. The molecule has 0 aliphatic heterocycles. The zero-order valence-electron chi connectivity index (χ0n) is 10.3. The highest BCUT2D eigenvalue weighted by atomic mass is 19.1. The lowest BCUT2D eigenvalue weighted by Crippen LogP contribution is -2.12. The van der Waals surface area contributed by atoms with Crippen molar-refractivity contribution in [2.45, 2.75) is 0 Å². The monoisotopic (exact) mass is 260 g/mol. The highest BCUT2D eigenvalue weighted by Gasteiger charge is 2.07. The van der Waals surface area contributed by atoms with Crippen molar-refractivity contribution in [3.63, 3.8) is 0 Å². The average Bonchev–Trinajstić information content (AvgIpc) is 2.37. The van der Waals surface area contributed by atoms with E-state index in [1.165, 1.54) is 18.2 Å². The molecule has 98 valence electrons. The van der Waals surface area contributed by atoms with Crippen molar-refractivity contribution in [3.05, 3.63) is 53.8 Å². The van der Waals surface area contributed by atoms with Crippen LogP contribution in [0.2, 0.25) is 0 Å². The molecular formula is C14H13FN2O2. The summed E-state index contributed by atoms with van der Waals surface area (Å²) in [7, 11) is 1.55. The molecule has 0 radical (unpaired) electrons. The summed E-state index contributed by atoms with van der Waals surface area (Å²) in [4.78, 5) is 11.9. The fourth-order valence-electron chi connectivity index (χ4n) is 1.63. The molecule has 1 amide bonds. The first-order valence-corrected chi connectivity index (χ1v) is 5.60. The van der Waals surface area contributed by atoms with Crippen LogP contribution in [0.4, 0.5) is 15.8 Å². The van der Waals surface area contributed by atoms with Crippen molar-refractivity contribution in [2.75, 3.05) is 18.2 Å². The molecule has 0 saturated carbocycles. The summed E-state index contributed by atoms with van der Waals surface area (Å²) in [6.45, 7) is 0. The maximum atomic E-state index is 13.1. The number of hydrogen-bond acceptors (Lipinski definition) is 3. The molecule has 2 aromatic carbocycles. The van der Waals surface area contributed by atoms with Gasteiger partial charge in [-0.25, -0.2) is 4.39 Å². The van der Waals surface area contributed by atoms with Crippen molar-refractivity contribution in [2.24, 2.45) is 0 Å². The number of anilines is 2. The van der Waals surface area contributed by atoms with E-state index in [1.54, 1.807) is 31.4 Å². The van der Waals surface area contributed by atoms with Gasteiger partial charge < -0.3 is 15.8 Å². The summed E-state index contributed by atoms with van der Waals surface area (Å²) in [6, 6.07) is 10.5. The van der Waals surface area contributed by atoms with Gasteiger partial charge in [-0.2, -0.15) is 0 Å². The fourth-order valence-corrected chi connectivity index (χ4v) is 1.63. The average molecular weight is 260 g/mol. The van der Waals surface area contributed by atoms with Gasteiger partial charge >= 0.3 is 0 Å². The highest BCUT2D eigenvalue weighted by Crippen LogP contribution is 2.17. The van der Waals surface area contributed by atoms with Crippen LogP contribution >= 0.6 is 0 Å². The lowest BCUT2D eigenvalue weighted by Gasteiger charge is -2.07. The number of amides is 1. The topological polar surface area (TPSA) is 64.3 Å². The van der Waals surface area contributed by atoms with Gasteiger partial charge in [0, 0.05) is 16.9 Å². The Morgan fingerprint density at radius 3 is 2.47 bits per heavy atom. The first kappa shape index (κ1) is 12.9. The van der Waals surface area contributed by atoms with Crippen molar-refractivity contribution in [3.8, 4) is 5.75 Å². The van der Waals surface area contributed by atoms with E-state index in [9.17, 15) is 9.18 Å². The first-order valence-electron chi connectivity index (χ1n) is 5.60. The molecule has 0 bridgehead atoms. The van der Waals surface area contributed by atoms with E-state index in [4.69, 9.17) is 10.5 Å². The molecule has 0 aliphatic carbocycles. The quantitative estimate of drug-likeness (QED) is 0.834. The third kappa shape index (κ3) is 3.22. The number of methoxy groups -OCH3 is 1. The largest absolute Gasteiger partial charge is 0.497 e. The predicted octanol–water partition coefficient (Wildman–Crippen LogP) is 2.67. The van der Waals surface area contributed by atoms with Crippen LogP contribution in [0.15, 0.2) is 42.5 Å². The summed E-state index contributed by atoms with van der Waals surface area (Å²) < 4.78 is 18.1. The van der Waals surface area contributed by atoms with Gasteiger partial charge in [0.05, 0.1) is 7.11 Å². The number of carbonyl (C=O) groups is 1. The number of rotatable bonds is 3. The van der Waals surface area contributed by atoms with Crippen LogP contribution in [0, 0.1) is 5.82 Å². The Bertz CT molecular complexity index is 577. The molecule has 0 fully saturated rings. The Morgan fingerprint density at radius 2 is 1.89 bits per heavy atom. The van der Waals surface area contributed by atoms with Gasteiger partial charge in [-0.15, -0.1) is 0 Å². The van der Waals surface area contributed by atoms with Gasteiger partial charge in [-0.1, -0.05) is 0 Å². The molecule has 0 aromatic heterocycles. The lowest BCUT2D eigenvalue weighted by atomic mass is 10.2. The van der Waals surface area contributed by atoms with Crippen LogP contribution in [0.1, 0.15) is 10.4 Å². The molecule has 0 unspecified atom stereocenters. The Morgan fingerprint density at radius 1 is 1.21 bits per heavy atom. The number of benzene rings is 2. The van der Waals surface area contributed by atoms with E-state index in [0.29, 0.717) is 17.0 Å². The van der Waals surface area contributed by atoms with E-state index < -0.39 is 5.82 Å². The van der Waals surface area contributed by atoms with Crippen LogP contribution in [0.25, 0.3) is 0 Å². The number of ether oxygens (including phenoxy) is 1. The number of nitrogen functional groups attached to an aromatic ring is 1. The Labute approximate surface area is 110 Å². The summed E-state index contributed by atoms with van der Waals surface area (Å²) in [5.74, 6) is -0.177. The number of halogens is 1. The third-order valence-corrected chi connectivity index (χ3v) is 2.53. The zero-order valence-corrected chi connectivity index (χ0v) is 10.3. The number of hydrogen-bond donors (Lipinski definition) is 2. The van der Waals surface area contributed by atoms with Gasteiger partial charge in [0.2, 0.25) is 0 Å². The minimum absolute atomic E-state index is 0.255. The molecule has 3 N–H and O–H groups in total. The molecule has 0 aliphatic rings. The maximum Gasteiger partial charge on any atom is 0.255 e. The molecule has 5 heteroatoms. The van der Waals surface area contributed by atoms with Crippen LogP contribution in [0.3, 0.4) is 0 Å². The summed E-state index contributed by atoms with van der Waals surface area (Å²) in [6.07, 6.45) is 0. The van der Waals surface area contributed by atoms with E-state index in [-0.39, 0.29) is 11.6 Å². The molecule has 4 nitrogen and oxygen atoms in total. The lowest BCUT2D eigenvalue weighted by molar-refractivity contribution is 0.102. The number of nitrogens with one attached hydrogen (secondary N) is 1. The minimum atomic E-state index is -0.495. The molecule has 2 rings (SSSR count). The van der Waals surface area contributed by atoms with Crippen molar-refractivity contribution in [1.82, 2.24) is 0 Å². The van der Waals surface area contributed by atoms with Crippen molar-refractivity contribution < 1.29 is 13.9 Å². The fraction of sp³-hybridized carbons (Fsp3) is 0.0714. The number of nitrogens with two attached hydrogens (primary N) is 1. The maximum absolute atomic E-state index is 13.1. The minimum Gasteiger partial charge on any atom is -0.497 e. The summed E-state index contributed by atoms with van der Waals surface area (Å²) in [5.41, 5.74) is 6.52. The van der Waals surface area contributed by atoms with Gasteiger partial charge in [0.25, 0.3) is 5.91 Å². The van der Waals surface area contributed by atoms with Gasteiger partial charge in [0.15, 0.2) is 0 Å². The Hall–Kier alpha value is -2.56. The second-order valence-electron chi connectivity index (χ2n) is 3.96. The normalized spacial score (nSPS) is 10.0. The van der Waals surface area contributed by atoms with Crippen molar-refractivity contribution in [1.29, 1.82) is 0 Å². The van der Waals surface area contributed by atoms with E-state index in [1.807, 2.05) is 0 Å². The van der Waals surface area contributed by atoms with E-state index in [2.05, 4.69) is 5.32 Å². The smallest absolute Gasteiger partial charge is 0.255 e. The first-order chi connectivity index (χ1) is 9.08. The van der Waals surface area contributed by atoms with E-state index in [0.717, 1.165) is 0 Å². The molecule has 0 spiro atoms. The van der Waals surface area contributed by atoms with Crippen LogP contribution in [-0.4, -0.2) is 13.0 Å². The van der Waals surface area contributed by atoms with Crippen LogP contribution in [-0.2, 0) is 0 Å².